The van der Waals surface area contributed by atoms with Crippen molar-refractivity contribution in [3.63, 3.8) is 0 Å². The van der Waals surface area contributed by atoms with E-state index in [1.165, 1.54) is 11.6 Å². The molecule has 0 atom stereocenters. The number of benzene rings is 1. The number of carbonyl (C=O) groups excluding carboxylic acids is 1. The molecule has 0 N–H and O–H groups in total. The van der Waals surface area contributed by atoms with E-state index in [9.17, 15) is 4.79 Å². The van der Waals surface area contributed by atoms with Crippen LogP contribution < -0.4 is 0 Å². The van der Waals surface area contributed by atoms with E-state index in [0.717, 1.165) is 5.56 Å². The molecule has 0 saturated carbocycles. The lowest BCUT2D eigenvalue weighted by atomic mass is 9.87. The monoisotopic (exact) mass is 232 g/mol. The van der Waals surface area contributed by atoms with Gasteiger partial charge in [0.25, 0.3) is 0 Å². The normalized spacial score (nSPS) is 11.8. The zero-order valence-electron chi connectivity index (χ0n) is 11.0. The molecule has 0 aliphatic rings. The molecule has 0 bridgehead atoms. The van der Waals surface area contributed by atoms with Crippen LogP contribution in [0.2, 0.25) is 0 Å². The Morgan fingerprint density at radius 1 is 1.24 bits per heavy atom. The maximum atomic E-state index is 11.1. The van der Waals surface area contributed by atoms with Crippen molar-refractivity contribution in [2.24, 2.45) is 0 Å². The van der Waals surface area contributed by atoms with E-state index in [1.807, 2.05) is 12.1 Å². The van der Waals surface area contributed by atoms with Crippen molar-refractivity contribution in [3.05, 3.63) is 41.5 Å². The lowest BCUT2D eigenvalue weighted by Gasteiger charge is -2.18. The fourth-order valence-electron chi connectivity index (χ4n) is 1.45. The minimum Gasteiger partial charge on any atom is -0.463 e. The highest BCUT2D eigenvalue weighted by Crippen LogP contribution is 2.22. The Bertz CT molecular complexity index is 394. The standard InChI is InChI=1S/C15H20O2/c1-5-17-14(16)11-8-12-6-9-13(10-7-12)15(2,3)4/h6-11H,5H2,1-4H3. The maximum Gasteiger partial charge on any atom is 0.330 e. The summed E-state index contributed by atoms with van der Waals surface area (Å²) in [6.45, 7) is 8.74. The molecule has 0 radical (unpaired) electrons. The van der Waals surface area contributed by atoms with E-state index in [1.54, 1.807) is 13.0 Å². The first-order valence-corrected chi connectivity index (χ1v) is 5.89. The first-order chi connectivity index (χ1) is 7.93. The van der Waals surface area contributed by atoms with Crippen LogP contribution >= 0.6 is 0 Å². The highest BCUT2D eigenvalue weighted by molar-refractivity contribution is 5.87. The average Bonchev–Trinajstić information content (AvgIpc) is 2.26. The fourth-order valence-corrected chi connectivity index (χ4v) is 1.45. The van der Waals surface area contributed by atoms with Gasteiger partial charge in [0, 0.05) is 6.08 Å². The fraction of sp³-hybridized carbons (Fsp3) is 0.400. The molecular weight excluding hydrogens is 212 g/mol. The van der Waals surface area contributed by atoms with Crippen LogP contribution in [-0.4, -0.2) is 12.6 Å². The van der Waals surface area contributed by atoms with Gasteiger partial charge >= 0.3 is 5.97 Å². The molecule has 1 rings (SSSR count). The molecule has 0 fully saturated rings. The van der Waals surface area contributed by atoms with Gasteiger partial charge in [0.05, 0.1) is 6.61 Å². The summed E-state index contributed by atoms with van der Waals surface area (Å²) in [4.78, 5) is 11.1. The maximum absolute atomic E-state index is 11.1. The summed E-state index contributed by atoms with van der Waals surface area (Å²) in [7, 11) is 0. The second-order valence-corrected chi connectivity index (χ2v) is 4.96. The molecule has 0 aliphatic carbocycles. The van der Waals surface area contributed by atoms with Crippen LogP contribution in [0.15, 0.2) is 30.3 Å². The van der Waals surface area contributed by atoms with E-state index < -0.39 is 0 Å². The van der Waals surface area contributed by atoms with Crippen molar-refractivity contribution >= 4 is 12.0 Å². The van der Waals surface area contributed by atoms with E-state index >= 15 is 0 Å². The summed E-state index contributed by atoms with van der Waals surface area (Å²) >= 11 is 0. The van der Waals surface area contributed by atoms with Crippen LogP contribution in [-0.2, 0) is 14.9 Å². The predicted molar refractivity (Wildman–Crippen MR) is 70.8 cm³/mol. The number of esters is 1. The Morgan fingerprint density at radius 3 is 2.29 bits per heavy atom. The molecule has 2 nitrogen and oxygen atoms in total. The van der Waals surface area contributed by atoms with E-state index in [2.05, 4.69) is 32.9 Å². The predicted octanol–water partition coefficient (Wildman–Crippen LogP) is 3.56. The molecule has 0 unspecified atom stereocenters. The van der Waals surface area contributed by atoms with Gasteiger partial charge in [0.1, 0.15) is 0 Å². The van der Waals surface area contributed by atoms with Gasteiger partial charge in [-0.2, -0.15) is 0 Å². The molecule has 0 spiro atoms. The largest absolute Gasteiger partial charge is 0.463 e. The van der Waals surface area contributed by atoms with E-state index in [-0.39, 0.29) is 11.4 Å². The van der Waals surface area contributed by atoms with Crippen molar-refractivity contribution in [2.75, 3.05) is 6.61 Å². The summed E-state index contributed by atoms with van der Waals surface area (Å²) in [5.74, 6) is -0.299. The van der Waals surface area contributed by atoms with E-state index in [4.69, 9.17) is 4.74 Å². The molecule has 2 heteroatoms. The summed E-state index contributed by atoms with van der Waals surface area (Å²) < 4.78 is 4.82. The summed E-state index contributed by atoms with van der Waals surface area (Å²) in [6, 6.07) is 8.20. The average molecular weight is 232 g/mol. The Morgan fingerprint density at radius 2 is 1.82 bits per heavy atom. The van der Waals surface area contributed by atoms with Crippen molar-refractivity contribution in [1.82, 2.24) is 0 Å². The van der Waals surface area contributed by atoms with Crippen molar-refractivity contribution < 1.29 is 9.53 Å². The van der Waals surface area contributed by atoms with Gasteiger partial charge in [-0.3, -0.25) is 0 Å². The van der Waals surface area contributed by atoms with Gasteiger partial charge in [-0.1, -0.05) is 45.0 Å². The van der Waals surface area contributed by atoms with Gasteiger partial charge in [-0.25, -0.2) is 4.79 Å². The van der Waals surface area contributed by atoms with Gasteiger partial charge < -0.3 is 4.74 Å². The number of hydrogen-bond acceptors (Lipinski definition) is 2. The van der Waals surface area contributed by atoms with Gasteiger partial charge in [-0.05, 0) is 29.5 Å². The minimum absolute atomic E-state index is 0.156. The number of rotatable bonds is 3. The molecule has 0 aromatic heterocycles. The second-order valence-electron chi connectivity index (χ2n) is 4.96. The van der Waals surface area contributed by atoms with Crippen molar-refractivity contribution in [2.45, 2.75) is 33.1 Å². The highest BCUT2D eigenvalue weighted by Gasteiger charge is 2.12. The molecule has 1 aromatic rings. The van der Waals surface area contributed by atoms with Crippen LogP contribution in [0.3, 0.4) is 0 Å². The number of carbonyl (C=O) groups is 1. The van der Waals surface area contributed by atoms with Crippen LogP contribution in [0.4, 0.5) is 0 Å². The summed E-state index contributed by atoms with van der Waals surface area (Å²) in [6.07, 6.45) is 3.22. The number of hydrogen-bond donors (Lipinski definition) is 0. The van der Waals surface area contributed by atoms with E-state index in [0.29, 0.717) is 6.61 Å². The SMILES string of the molecule is CCOC(=O)C=Cc1ccc(C(C)(C)C)cc1. The zero-order chi connectivity index (χ0) is 12.9. The smallest absolute Gasteiger partial charge is 0.330 e. The lowest BCUT2D eigenvalue weighted by Crippen LogP contribution is -2.10. The molecule has 1 aromatic carbocycles. The Balaban J connectivity index is 2.72. The zero-order valence-corrected chi connectivity index (χ0v) is 11.0. The lowest BCUT2D eigenvalue weighted by molar-refractivity contribution is -0.137. The molecule has 92 valence electrons. The Hall–Kier alpha value is -1.57. The Labute approximate surface area is 103 Å². The quantitative estimate of drug-likeness (QED) is 0.588. The van der Waals surface area contributed by atoms with Crippen LogP contribution in [0.25, 0.3) is 6.08 Å². The molecule has 0 heterocycles. The molecular formula is C15H20O2. The van der Waals surface area contributed by atoms with Gasteiger partial charge in [0.15, 0.2) is 0 Å². The Kier molecular flexibility index (Phi) is 4.50. The van der Waals surface area contributed by atoms with Crippen molar-refractivity contribution in [3.8, 4) is 0 Å². The summed E-state index contributed by atoms with van der Waals surface area (Å²) in [5.41, 5.74) is 2.44. The van der Waals surface area contributed by atoms with Gasteiger partial charge in [-0.15, -0.1) is 0 Å². The second kappa shape index (κ2) is 5.67. The van der Waals surface area contributed by atoms with Crippen LogP contribution in [0.5, 0.6) is 0 Å². The first-order valence-electron chi connectivity index (χ1n) is 5.89. The summed E-state index contributed by atoms with van der Waals surface area (Å²) in [5, 5.41) is 0. The third-order valence-corrected chi connectivity index (χ3v) is 2.48. The third-order valence-electron chi connectivity index (χ3n) is 2.48. The van der Waals surface area contributed by atoms with Gasteiger partial charge in [0.2, 0.25) is 0 Å². The molecule has 0 amide bonds. The highest BCUT2D eigenvalue weighted by atomic mass is 16.5. The molecule has 0 aliphatic heterocycles. The number of ether oxygens (including phenoxy) is 1. The topological polar surface area (TPSA) is 26.3 Å². The third kappa shape index (κ3) is 4.43. The van der Waals surface area contributed by atoms with Crippen molar-refractivity contribution in [1.29, 1.82) is 0 Å². The van der Waals surface area contributed by atoms with Crippen LogP contribution in [0.1, 0.15) is 38.8 Å². The molecule has 0 saturated heterocycles. The van der Waals surface area contributed by atoms with Crippen LogP contribution in [0, 0.1) is 0 Å². The minimum atomic E-state index is -0.299. The first kappa shape index (κ1) is 13.5. The molecule has 17 heavy (non-hydrogen) atoms.